The van der Waals surface area contributed by atoms with Crippen molar-refractivity contribution >= 4 is 11.9 Å². The molecule has 0 spiro atoms. The number of ether oxygens (including phenoxy) is 3. The standard InChI is InChI=1S/C25H38O5/c1-4-25(30-23(26)16(2)3)7-5-19(6-8-25)24(27)29-15-28-14-22-20-10-17-9-18(12-20)13-21(22)11-17/h17-22H,2,4-15H2,1,3H3. The molecular formula is C25H38O5. The fourth-order valence-corrected chi connectivity index (χ4v) is 6.90. The van der Waals surface area contributed by atoms with Crippen LogP contribution in [0.2, 0.25) is 0 Å². The summed E-state index contributed by atoms with van der Waals surface area (Å²) in [6, 6.07) is 0. The molecular weight excluding hydrogens is 380 g/mol. The minimum Gasteiger partial charge on any atom is -0.456 e. The van der Waals surface area contributed by atoms with Crippen LogP contribution in [0.5, 0.6) is 0 Å². The highest BCUT2D eigenvalue weighted by Crippen LogP contribution is 2.56. The van der Waals surface area contributed by atoms with Crippen LogP contribution in [0.15, 0.2) is 12.2 Å². The van der Waals surface area contributed by atoms with Crippen LogP contribution in [-0.2, 0) is 23.8 Å². The Morgan fingerprint density at radius 1 is 1.00 bits per heavy atom. The Kier molecular flexibility index (Phi) is 6.57. The number of hydrogen-bond acceptors (Lipinski definition) is 5. The first-order chi connectivity index (χ1) is 14.4. The first kappa shape index (κ1) is 21.9. The summed E-state index contributed by atoms with van der Waals surface area (Å²) in [5, 5.41) is 0. The van der Waals surface area contributed by atoms with E-state index in [0.29, 0.717) is 37.2 Å². The zero-order valence-electron chi connectivity index (χ0n) is 18.7. The highest BCUT2D eigenvalue weighted by atomic mass is 16.7. The number of rotatable bonds is 8. The maximum atomic E-state index is 12.5. The van der Waals surface area contributed by atoms with E-state index in [1.54, 1.807) is 6.92 Å². The predicted octanol–water partition coefficient (Wildman–Crippen LogP) is 5.03. The molecule has 4 bridgehead atoms. The van der Waals surface area contributed by atoms with Gasteiger partial charge in [-0.25, -0.2) is 4.79 Å². The first-order valence-electron chi connectivity index (χ1n) is 12.0. The predicted molar refractivity (Wildman–Crippen MR) is 113 cm³/mol. The second kappa shape index (κ2) is 9.02. The van der Waals surface area contributed by atoms with Gasteiger partial charge in [0.05, 0.1) is 12.5 Å². The minimum absolute atomic E-state index is 0.0711. The molecule has 30 heavy (non-hydrogen) atoms. The van der Waals surface area contributed by atoms with E-state index in [1.165, 1.54) is 32.1 Å². The molecule has 0 aromatic carbocycles. The smallest absolute Gasteiger partial charge is 0.333 e. The fourth-order valence-electron chi connectivity index (χ4n) is 6.90. The van der Waals surface area contributed by atoms with Crippen molar-refractivity contribution in [2.75, 3.05) is 13.4 Å². The van der Waals surface area contributed by atoms with Crippen LogP contribution in [0.4, 0.5) is 0 Å². The molecule has 0 unspecified atom stereocenters. The van der Waals surface area contributed by atoms with E-state index in [2.05, 4.69) is 6.58 Å². The van der Waals surface area contributed by atoms with Gasteiger partial charge in [0, 0.05) is 5.57 Å². The van der Waals surface area contributed by atoms with Gasteiger partial charge in [0.2, 0.25) is 0 Å². The van der Waals surface area contributed by atoms with Crippen LogP contribution in [0.25, 0.3) is 0 Å². The van der Waals surface area contributed by atoms with Gasteiger partial charge in [-0.3, -0.25) is 4.79 Å². The average Bonchev–Trinajstić information content (AvgIpc) is 2.72. The van der Waals surface area contributed by atoms with E-state index < -0.39 is 5.60 Å². The zero-order chi connectivity index (χ0) is 21.3. The van der Waals surface area contributed by atoms with Gasteiger partial charge in [0.15, 0.2) is 6.79 Å². The molecule has 168 valence electrons. The molecule has 0 amide bonds. The van der Waals surface area contributed by atoms with Crippen LogP contribution in [0.3, 0.4) is 0 Å². The summed E-state index contributed by atoms with van der Waals surface area (Å²) in [7, 11) is 0. The summed E-state index contributed by atoms with van der Waals surface area (Å²) < 4.78 is 17.0. The van der Waals surface area contributed by atoms with Crippen LogP contribution >= 0.6 is 0 Å². The molecule has 5 saturated carbocycles. The normalized spacial score (nSPS) is 39.5. The van der Waals surface area contributed by atoms with Crippen LogP contribution in [0.1, 0.15) is 78.1 Å². The van der Waals surface area contributed by atoms with E-state index in [0.717, 1.165) is 36.7 Å². The summed E-state index contributed by atoms with van der Waals surface area (Å²) in [5.41, 5.74) is -0.0522. The van der Waals surface area contributed by atoms with Crippen molar-refractivity contribution in [3.8, 4) is 0 Å². The number of carbonyl (C=O) groups is 2. The van der Waals surface area contributed by atoms with Crippen molar-refractivity contribution < 1.29 is 23.8 Å². The molecule has 0 aromatic rings. The Morgan fingerprint density at radius 2 is 1.60 bits per heavy atom. The van der Waals surface area contributed by atoms with Crippen molar-refractivity contribution in [2.24, 2.45) is 35.5 Å². The molecule has 0 aliphatic heterocycles. The van der Waals surface area contributed by atoms with Gasteiger partial charge in [-0.1, -0.05) is 13.5 Å². The Labute approximate surface area is 180 Å². The highest BCUT2D eigenvalue weighted by Gasteiger charge is 2.48. The van der Waals surface area contributed by atoms with E-state index in [-0.39, 0.29) is 24.6 Å². The van der Waals surface area contributed by atoms with Gasteiger partial charge in [0.1, 0.15) is 5.60 Å². The number of carbonyl (C=O) groups excluding carboxylic acids is 2. The van der Waals surface area contributed by atoms with Gasteiger partial charge in [-0.2, -0.15) is 0 Å². The Morgan fingerprint density at radius 3 is 2.13 bits per heavy atom. The van der Waals surface area contributed by atoms with Gasteiger partial charge < -0.3 is 14.2 Å². The van der Waals surface area contributed by atoms with Crippen LogP contribution in [-0.4, -0.2) is 30.9 Å². The summed E-state index contributed by atoms with van der Waals surface area (Å²) in [6.07, 6.45) is 10.5. The summed E-state index contributed by atoms with van der Waals surface area (Å²) >= 11 is 0. The van der Waals surface area contributed by atoms with Crippen molar-refractivity contribution in [1.82, 2.24) is 0 Å². The van der Waals surface area contributed by atoms with E-state index >= 15 is 0 Å². The third kappa shape index (κ3) is 4.61. The minimum atomic E-state index is -0.469. The van der Waals surface area contributed by atoms with E-state index in [4.69, 9.17) is 14.2 Å². The zero-order valence-corrected chi connectivity index (χ0v) is 18.7. The van der Waals surface area contributed by atoms with Crippen molar-refractivity contribution in [3.63, 3.8) is 0 Å². The van der Waals surface area contributed by atoms with Gasteiger partial charge in [0.25, 0.3) is 0 Å². The molecule has 5 rings (SSSR count). The highest BCUT2D eigenvalue weighted by molar-refractivity contribution is 5.87. The molecule has 0 atom stereocenters. The Hall–Kier alpha value is -1.36. The second-order valence-electron chi connectivity index (χ2n) is 10.5. The summed E-state index contributed by atoms with van der Waals surface area (Å²) in [5.74, 6) is 3.64. The second-order valence-corrected chi connectivity index (χ2v) is 10.5. The lowest BCUT2D eigenvalue weighted by molar-refractivity contribution is -0.171. The van der Waals surface area contributed by atoms with Gasteiger partial charge in [-0.05, 0) is 101 Å². The van der Waals surface area contributed by atoms with Crippen molar-refractivity contribution in [3.05, 3.63) is 12.2 Å². The van der Waals surface area contributed by atoms with E-state index in [1.807, 2.05) is 6.92 Å². The number of hydrogen-bond donors (Lipinski definition) is 0. The Bertz CT molecular complexity index is 632. The topological polar surface area (TPSA) is 61.8 Å². The maximum absolute atomic E-state index is 12.5. The molecule has 5 aliphatic rings. The first-order valence-corrected chi connectivity index (χ1v) is 12.0. The third-order valence-electron chi connectivity index (χ3n) is 8.55. The van der Waals surface area contributed by atoms with Crippen LogP contribution in [0, 0.1) is 35.5 Å². The number of esters is 2. The molecule has 5 fully saturated rings. The largest absolute Gasteiger partial charge is 0.456 e. The molecule has 0 N–H and O–H groups in total. The summed E-state index contributed by atoms with van der Waals surface area (Å²) in [4.78, 5) is 24.5. The van der Waals surface area contributed by atoms with E-state index in [9.17, 15) is 9.59 Å². The quantitative estimate of drug-likeness (QED) is 0.239. The lowest BCUT2D eigenvalue weighted by Gasteiger charge is -2.54. The molecule has 5 aliphatic carbocycles. The fraction of sp³-hybridized carbons (Fsp3) is 0.840. The third-order valence-corrected chi connectivity index (χ3v) is 8.55. The van der Waals surface area contributed by atoms with Crippen molar-refractivity contribution in [1.29, 1.82) is 0 Å². The van der Waals surface area contributed by atoms with Crippen LogP contribution < -0.4 is 0 Å². The Balaban J connectivity index is 1.17. The average molecular weight is 419 g/mol. The molecule has 5 nitrogen and oxygen atoms in total. The SMILES string of the molecule is C=C(C)C(=O)OC1(CC)CCC(C(=O)OCOCC2C3CC4CC(C3)CC2C4)CC1. The molecule has 5 heteroatoms. The van der Waals surface area contributed by atoms with Gasteiger partial charge in [-0.15, -0.1) is 0 Å². The maximum Gasteiger partial charge on any atom is 0.333 e. The lowest BCUT2D eigenvalue weighted by atomic mass is 9.52. The van der Waals surface area contributed by atoms with Crippen molar-refractivity contribution in [2.45, 2.75) is 83.7 Å². The molecule has 0 aromatic heterocycles. The van der Waals surface area contributed by atoms with Gasteiger partial charge >= 0.3 is 11.9 Å². The monoisotopic (exact) mass is 418 g/mol. The molecule has 0 heterocycles. The molecule has 0 radical (unpaired) electrons. The molecule has 0 saturated heterocycles. The lowest BCUT2D eigenvalue weighted by Crippen LogP contribution is -2.46. The summed E-state index contributed by atoms with van der Waals surface area (Å²) in [6.45, 7) is 8.17.